The molecule has 6 nitrogen and oxygen atoms in total. The van der Waals surface area contributed by atoms with Crippen LogP contribution in [0.4, 0.5) is 0 Å². The molecule has 0 aliphatic carbocycles. The van der Waals surface area contributed by atoms with Crippen molar-refractivity contribution >= 4 is 10.9 Å². The second-order valence-electron chi connectivity index (χ2n) is 7.39. The van der Waals surface area contributed by atoms with Gasteiger partial charge in [-0.2, -0.15) is 0 Å². The molecule has 152 valence electrons. The Morgan fingerprint density at radius 3 is 2.72 bits per heavy atom. The van der Waals surface area contributed by atoms with Crippen LogP contribution in [0.1, 0.15) is 23.2 Å². The molecule has 0 unspecified atom stereocenters. The highest BCUT2D eigenvalue weighted by Gasteiger charge is 2.22. The Hall–Kier alpha value is -2.54. The Kier molecular flexibility index (Phi) is 6.34. The average molecular weight is 393 g/mol. The average Bonchev–Trinajstić information content (AvgIpc) is 2.77. The van der Waals surface area contributed by atoms with Gasteiger partial charge in [-0.25, -0.2) is 0 Å². The monoisotopic (exact) mass is 393 g/mol. The van der Waals surface area contributed by atoms with Crippen LogP contribution >= 0.6 is 0 Å². The van der Waals surface area contributed by atoms with E-state index in [1.54, 1.807) is 7.11 Å². The number of hydrogen-bond donors (Lipinski definition) is 1. The van der Waals surface area contributed by atoms with Crippen molar-refractivity contribution < 1.29 is 14.2 Å². The molecule has 1 fully saturated rings. The summed E-state index contributed by atoms with van der Waals surface area (Å²) in [6, 6.07) is 12.3. The van der Waals surface area contributed by atoms with Crippen LogP contribution < -0.4 is 10.1 Å². The molecule has 0 spiro atoms. The molecule has 6 heteroatoms. The van der Waals surface area contributed by atoms with Crippen molar-refractivity contribution in [2.45, 2.75) is 38.6 Å². The molecule has 1 N–H and O–H groups in total. The minimum absolute atomic E-state index is 0.181. The Balaban J connectivity index is 1.27. The third-order valence-electron chi connectivity index (χ3n) is 5.20. The van der Waals surface area contributed by atoms with Crippen LogP contribution in [0.15, 0.2) is 48.8 Å². The number of fused-ring (bicyclic) bond motifs is 1. The number of hydrogen-bond acceptors (Lipinski definition) is 6. The summed E-state index contributed by atoms with van der Waals surface area (Å²) < 4.78 is 17.2. The van der Waals surface area contributed by atoms with Crippen LogP contribution in [-0.2, 0) is 22.4 Å². The molecule has 29 heavy (non-hydrogen) atoms. The SMILES string of the molecule is COc1ccc2nccc(CCC3OCC(NCc4ccc(C)cn4)CO3)c2c1. The maximum Gasteiger partial charge on any atom is 0.158 e. The van der Waals surface area contributed by atoms with E-state index in [9.17, 15) is 0 Å². The van der Waals surface area contributed by atoms with Crippen LogP contribution in [0.25, 0.3) is 10.9 Å². The molecular weight excluding hydrogens is 366 g/mol. The third-order valence-corrected chi connectivity index (χ3v) is 5.20. The largest absolute Gasteiger partial charge is 0.497 e. The number of aryl methyl sites for hydroxylation is 2. The van der Waals surface area contributed by atoms with E-state index in [4.69, 9.17) is 14.2 Å². The van der Waals surface area contributed by atoms with Crippen molar-refractivity contribution in [3.8, 4) is 5.75 Å². The van der Waals surface area contributed by atoms with Gasteiger partial charge in [0.15, 0.2) is 6.29 Å². The predicted molar refractivity (Wildman–Crippen MR) is 112 cm³/mol. The maximum absolute atomic E-state index is 5.93. The van der Waals surface area contributed by atoms with E-state index >= 15 is 0 Å². The van der Waals surface area contributed by atoms with Gasteiger partial charge in [-0.3, -0.25) is 9.97 Å². The number of aromatic nitrogens is 2. The summed E-state index contributed by atoms with van der Waals surface area (Å²) in [4.78, 5) is 8.86. The highest BCUT2D eigenvalue weighted by atomic mass is 16.7. The zero-order valence-corrected chi connectivity index (χ0v) is 16.9. The van der Waals surface area contributed by atoms with Crippen LogP contribution in [0.2, 0.25) is 0 Å². The summed E-state index contributed by atoms with van der Waals surface area (Å²) in [6.07, 6.45) is 5.23. The molecule has 4 rings (SSSR count). The topological polar surface area (TPSA) is 65.5 Å². The Labute approximate surface area is 171 Å². The first-order valence-corrected chi connectivity index (χ1v) is 10.0. The number of rotatable bonds is 7. The molecular formula is C23H27N3O3. The second-order valence-corrected chi connectivity index (χ2v) is 7.39. The van der Waals surface area contributed by atoms with Crippen LogP contribution in [0.3, 0.4) is 0 Å². The smallest absolute Gasteiger partial charge is 0.158 e. The van der Waals surface area contributed by atoms with E-state index in [2.05, 4.69) is 27.4 Å². The van der Waals surface area contributed by atoms with Gasteiger partial charge in [0.25, 0.3) is 0 Å². The summed E-state index contributed by atoms with van der Waals surface area (Å²) in [5, 5.41) is 4.57. The van der Waals surface area contributed by atoms with Crippen molar-refractivity contribution in [3.05, 3.63) is 65.6 Å². The first-order chi connectivity index (χ1) is 14.2. The van der Waals surface area contributed by atoms with Crippen LogP contribution in [0.5, 0.6) is 5.75 Å². The summed E-state index contributed by atoms with van der Waals surface area (Å²) in [6.45, 7) is 4.04. The van der Waals surface area contributed by atoms with Crippen molar-refractivity contribution in [2.24, 2.45) is 0 Å². The summed E-state index contributed by atoms with van der Waals surface area (Å²) >= 11 is 0. The third kappa shape index (κ3) is 5.09. The number of pyridine rings is 2. The Morgan fingerprint density at radius 1 is 1.10 bits per heavy atom. The highest BCUT2D eigenvalue weighted by Crippen LogP contribution is 2.24. The lowest BCUT2D eigenvalue weighted by atomic mass is 10.0. The van der Waals surface area contributed by atoms with Crippen molar-refractivity contribution in [2.75, 3.05) is 20.3 Å². The molecule has 3 heterocycles. The Bertz CT molecular complexity index is 938. The fraction of sp³-hybridized carbons (Fsp3) is 0.391. The van der Waals surface area contributed by atoms with Crippen molar-refractivity contribution in [1.82, 2.24) is 15.3 Å². The minimum Gasteiger partial charge on any atom is -0.497 e. The van der Waals surface area contributed by atoms with Crippen molar-refractivity contribution in [1.29, 1.82) is 0 Å². The molecule has 2 aromatic heterocycles. The van der Waals surface area contributed by atoms with E-state index in [1.807, 2.05) is 43.6 Å². The number of methoxy groups -OCH3 is 1. The molecule has 1 aliphatic rings. The normalized spacial score (nSPS) is 19.4. The van der Waals surface area contributed by atoms with Gasteiger partial charge in [-0.15, -0.1) is 0 Å². The van der Waals surface area contributed by atoms with Gasteiger partial charge in [0.2, 0.25) is 0 Å². The first kappa shape index (κ1) is 19.8. The van der Waals surface area contributed by atoms with E-state index in [1.165, 1.54) is 11.1 Å². The first-order valence-electron chi connectivity index (χ1n) is 10.0. The summed E-state index contributed by atoms with van der Waals surface area (Å²) in [7, 11) is 1.68. The lowest BCUT2D eigenvalue weighted by Gasteiger charge is -2.30. The molecule has 0 saturated carbocycles. The molecule has 0 bridgehead atoms. The molecule has 3 aromatic rings. The van der Waals surface area contributed by atoms with Gasteiger partial charge in [0, 0.05) is 30.7 Å². The standard InChI is InChI=1S/C23H27N3O3/c1-16-3-5-18(25-12-16)13-26-19-14-28-23(29-15-19)8-4-17-9-10-24-22-7-6-20(27-2)11-21(17)22/h3,5-7,9-12,19,23,26H,4,8,13-15H2,1-2H3. The lowest BCUT2D eigenvalue weighted by Crippen LogP contribution is -2.44. The number of nitrogens with one attached hydrogen (secondary N) is 1. The molecule has 1 aliphatic heterocycles. The number of nitrogens with zero attached hydrogens (tertiary/aromatic N) is 2. The predicted octanol–water partition coefficient (Wildman–Crippen LogP) is 3.41. The fourth-order valence-electron chi connectivity index (χ4n) is 3.48. The highest BCUT2D eigenvalue weighted by molar-refractivity contribution is 5.83. The van der Waals surface area contributed by atoms with E-state index in [0.717, 1.165) is 35.2 Å². The maximum atomic E-state index is 5.93. The minimum atomic E-state index is -0.181. The molecule has 0 amide bonds. The van der Waals surface area contributed by atoms with Gasteiger partial charge in [-0.1, -0.05) is 6.07 Å². The number of ether oxygens (including phenoxy) is 3. The van der Waals surface area contributed by atoms with Gasteiger partial charge in [0.1, 0.15) is 5.75 Å². The van der Waals surface area contributed by atoms with Crippen molar-refractivity contribution in [3.63, 3.8) is 0 Å². The molecule has 1 aromatic carbocycles. The van der Waals surface area contributed by atoms with Gasteiger partial charge in [-0.05, 0) is 54.8 Å². The van der Waals surface area contributed by atoms with E-state index in [-0.39, 0.29) is 12.3 Å². The second kappa shape index (κ2) is 9.31. The fourth-order valence-corrected chi connectivity index (χ4v) is 3.48. The van der Waals surface area contributed by atoms with E-state index < -0.39 is 0 Å². The molecule has 1 saturated heterocycles. The molecule has 0 atom stereocenters. The van der Waals surface area contributed by atoms with Crippen LogP contribution in [-0.4, -0.2) is 42.6 Å². The summed E-state index contributed by atoms with van der Waals surface area (Å²) in [5.74, 6) is 0.842. The lowest BCUT2D eigenvalue weighted by molar-refractivity contribution is -0.192. The molecule has 0 radical (unpaired) electrons. The zero-order valence-electron chi connectivity index (χ0n) is 16.9. The van der Waals surface area contributed by atoms with Gasteiger partial charge in [0.05, 0.1) is 37.6 Å². The Morgan fingerprint density at radius 2 is 1.97 bits per heavy atom. The van der Waals surface area contributed by atoms with Gasteiger partial charge >= 0.3 is 0 Å². The number of benzene rings is 1. The van der Waals surface area contributed by atoms with Crippen LogP contribution in [0, 0.1) is 6.92 Å². The van der Waals surface area contributed by atoms with Gasteiger partial charge < -0.3 is 19.5 Å². The zero-order chi connectivity index (χ0) is 20.1. The van der Waals surface area contributed by atoms with E-state index in [0.29, 0.717) is 19.8 Å². The summed E-state index contributed by atoms with van der Waals surface area (Å²) in [5.41, 5.74) is 4.40. The quantitative estimate of drug-likeness (QED) is 0.664.